The quantitative estimate of drug-likeness (QED) is 0.672. The van der Waals surface area contributed by atoms with Gasteiger partial charge < -0.3 is 14.6 Å². The Balaban J connectivity index is 2.98. The molecule has 1 rings (SSSR count). The predicted octanol–water partition coefficient (Wildman–Crippen LogP) is 0.0465. The van der Waals surface area contributed by atoms with Gasteiger partial charge in [-0.3, -0.25) is 0 Å². The third-order valence-corrected chi connectivity index (χ3v) is 1.19. The maximum absolute atomic E-state index is 11.7. The number of rotatable bonds is 3. The van der Waals surface area contributed by atoms with E-state index in [1.165, 1.54) is 6.07 Å². The number of carboxylic acids is 1. The van der Waals surface area contributed by atoms with Gasteiger partial charge in [0.05, 0.1) is 11.5 Å². The average Bonchev–Trinajstić information content (AvgIpc) is 2.03. The summed E-state index contributed by atoms with van der Waals surface area (Å²) < 4.78 is 27.2. The summed E-state index contributed by atoms with van der Waals surface area (Å²) in [4.78, 5) is 13.6. The van der Waals surface area contributed by atoms with Crippen molar-refractivity contribution in [2.45, 2.75) is 6.61 Å². The van der Waals surface area contributed by atoms with Crippen molar-refractivity contribution in [1.29, 1.82) is 0 Å². The fourth-order valence-electron chi connectivity index (χ4n) is 0.724. The van der Waals surface area contributed by atoms with Gasteiger partial charge in [-0.1, -0.05) is 0 Å². The molecule has 0 spiro atoms. The second-order valence-electron chi connectivity index (χ2n) is 2.02. The molecule has 0 saturated carbocycles. The summed E-state index contributed by atoms with van der Waals surface area (Å²) in [5, 5.41) is 10.3. The largest absolute Gasteiger partial charge is 0.545 e. The van der Waals surface area contributed by atoms with Gasteiger partial charge in [-0.15, -0.1) is 0 Å². The highest BCUT2D eigenvalue weighted by molar-refractivity contribution is 5.88. The van der Waals surface area contributed by atoms with Gasteiger partial charge in [0.25, 0.3) is 0 Å². The molecular formula is C7H4F2NO3-. The van der Waals surface area contributed by atoms with E-state index in [2.05, 4.69) is 9.72 Å². The summed E-state index contributed by atoms with van der Waals surface area (Å²) in [6.45, 7) is -3.10. The molecule has 70 valence electrons. The number of nitrogens with zero attached hydrogens (tertiary/aromatic N) is 1. The first kappa shape index (κ1) is 9.37. The Morgan fingerprint density at radius 1 is 1.62 bits per heavy atom. The number of alkyl halides is 2. The number of hydrogen-bond donors (Lipinski definition) is 0. The van der Waals surface area contributed by atoms with E-state index in [-0.39, 0.29) is 0 Å². The fourth-order valence-corrected chi connectivity index (χ4v) is 0.724. The van der Waals surface area contributed by atoms with Crippen LogP contribution in [0.25, 0.3) is 0 Å². The van der Waals surface area contributed by atoms with Crippen LogP contribution < -0.4 is 9.84 Å². The van der Waals surface area contributed by atoms with Gasteiger partial charge in [0.15, 0.2) is 0 Å². The highest BCUT2D eigenvalue weighted by Gasteiger charge is 2.10. The molecule has 0 bridgehead atoms. The molecule has 0 aliphatic rings. The van der Waals surface area contributed by atoms with Crippen molar-refractivity contribution < 1.29 is 23.4 Å². The number of hydrogen-bond acceptors (Lipinski definition) is 4. The summed E-state index contributed by atoms with van der Waals surface area (Å²) in [5.41, 5.74) is -0.497. The smallest absolute Gasteiger partial charge is 0.388 e. The SMILES string of the molecule is O=C([O-])c1cccnc1OC(F)F. The Morgan fingerprint density at radius 2 is 2.31 bits per heavy atom. The molecule has 0 atom stereocenters. The molecular weight excluding hydrogens is 184 g/mol. The molecule has 0 fully saturated rings. The highest BCUT2D eigenvalue weighted by Crippen LogP contribution is 2.15. The molecule has 4 nitrogen and oxygen atoms in total. The van der Waals surface area contributed by atoms with Gasteiger partial charge in [-0.2, -0.15) is 8.78 Å². The standard InChI is InChI=1S/C7H5F2NO3/c8-7(9)13-5-4(6(11)12)2-1-3-10-5/h1-3,7H,(H,11,12)/p-1. The Bertz CT molecular complexity index is 316. The number of aromatic nitrogens is 1. The van der Waals surface area contributed by atoms with Crippen LogP contribution in [-0.2, 0) is 0 Å². The maximum atomic E-state index is 11.7. The van der Waals surface area contributed by atoms with Crippen LogP contribution in [0.4, 0.5) is 8.78 Å². The second kappa shape index (κ2) is 3.79. The molecule has 6 heteroatoms. The van der Waals surface area contributed by atoms with Crippen molar-refractivity contribution in [3.8, 4) is 5.88 Å². The molecule has 13 heavy (non-hydrogen) atoms. The first-order valence-corrected chi connectivity index (χ1v) is 3.22. The minimum Gasteiger partial charge on any atom is -0.545 e. The number of carboxylic acid groups (broad SMARTS) is 1. The van der Waals surface area contributed by atoms with E-state index in [4.69, 9.17) is 0 Å². The van der Waals surface area contributed by atoms with Crippen LogP contribution in [0.1, 0.15) is 10.4 Å². The van der Waals surface area contributed by atoms with Gasteiger partial charge in [0.1, 0.15) is 0 Å². The van der Waals surface area contributed by atoms with Crippen molar-refractivity contribution in [1.82, 2.24) is 4.98 Å². The zero-order valence-corrected chi connectivity index (χ0v) is 6.24. The summed E-state index contributed by atoms with van der Waals surface area (Å²) in [5.74, 6) is -2.25. The second-order valence-corrected chi connectivity index (χ2v) is 2.02. The zero-order chi connectivity index (χ0) is 9.84. The lowest BCUT2D eigenvalue weighted by Crippen LogP contribution is -2.24. The number of halogens is 2. The van der Waals surface area contributed by atoms with Crippen LogP contribution in [0, 0.1) is 0 Å². The third-order valence-electron chi connectivity index (χ3n) is 1.19. The summed E-state index contributed by atoms with van der Waals surface area (Å²) in [6, 6.07) is 2.35. The Kier molecular flexibility index (Phi) is 2.73. The molecule has 0 unspecified atom stereocenters. The lowest BCUT2D eigenvalue weighted by Gasteiger charge is -2.08. The Labute approximate surface area is 71.8 Å². The van der Waals surface area contributed by atoms with Crippen molar-refractivity contribution in [2.24, 2.45) is 0 Å². The summed E-state index contributed by atoms with van der Waals surface area (Å²) in [7, 11) is 0. The number of carbonyl (C=O) groups is 1. The normalized spacial score (nSPS) is 10.1. The zero-order valence-electron chi connectivity index (χ0n) is 6.24. The summed E-state index contributed by atoms with van der Waals surface area (Å²) in [6.07, 6.45) is 1.14. The Hall–Kier alpha value is -1.72. The van der Waals surface area contributed by atoms with E-state index in [1.807, 2.05) is 0 Å². The van der Waals surface area contributed by atoms with Crippen LogP contribution in [0.5, 0.6) is 5.88 Å². The number of aromatic carboxylic acids is 1. The van der Waals surface area contributed by atoms with Gasteiger partial charge in [-0.25, -0.2) is 4.98 Å². The summed E-state index contributed by atoms with van der Waals surface area (Å²) >= 11 is 0. The van der Waals surface area contributed by atoms with Crippen LogP contribution in [-0.4, -0.2) is 17.6 Å². The minimum absolute atomic E-state index is 0.497. The van der Waals surface area contributed by atoms with Gasteiger partial charge >= 0.3 is 6.61 Å². The molecule has 0 radical (unpaired) electrons. The van der Waals surface area contributed by atoms with Crippen LogP contribution in [0.15, 0.2) is 18.3 Å². The van der Waals surface area contributed by atoms with Crippen molar-refractivity contribution in [2.75, 3.05) is 0 Å². The lowest BCUT2D eigenvalue weighted by atomic mass is 10.3. The van der Waals surface area contributed by atoms with Gasteiger partial charge in [0, 0.05) is 6.20 Å². The Morgan fingerprint density at radius 3 is 2.85 bits per heavy atom. The van der Waals surface area contributed by atoms with E-state index in [0.29, 0.717) is 0 Å². The highest BCUT2D eigenvalue weighted by atomic mass is 19.3. The number of ether oxygens (including phenoxy) is 1. The van der Waals surface area contributed by atoms with Crippen LogP contribution >= 0.6 is 0 Å². The van der Waals surface area contributed by atoms with E-state index < -0.39 is 24.0 Å². The van der Waals surface area contributed by atoms with Crippen molar-refractivity contribution >= 4 is 5.97 Å². The first-order chi connectivity index (χ1) is 6.11. The monoisotopic (exact) mass is 188 g/mol. The van der Waals surface area contributed by atoms with Gasteiger partial charge in [0.2, 0.25) is 5.88 Å². The molecule has 1 aromatic rings. The minimum atomic E-state index is -3.10. The molecule has 0 aliphatic heterocycles. The number of pyridine rings is 1. The van der Waals surface area contributed by atoms with Gasteiger partial charge in [-0.05, 0) is 12.1 Å². The van der Waals surface area contributed by atoms with E-state index in [0.717, 1.165) is 12.3 Å². The van der Waals surface area contributed by atoms with E-state index in [9.17, 15) is 18.7 Å². The molecule has 1 heterocycles. The van der Waals surface area contributed by atoms with Crippen molar-refractivity contribution in [3.05, 3.63) is 23.9 Å². The maximum Gasteiger partial charge on any atom is 0.388 e. The third kappa shape index (κ3) is 2.36. The van der Waals surface area contributed by atoms with E-state index in [1.54, 1.807) is 0 Å². The van der Waals surface area contributed by atoms with Crippen LogP contribution in [0.3, 0.4) is 0 Å². The lowest BCUT2D eigenvalue weighted by molar-refractivity contribution is -0.255. The van der Waals surface area contributed by atoms with Crippen LogP contribution in [0.2, 0.25) is 0 Å². The fraction of sp³-hybridized carbons (Fsp3) is 0.143. The van der Waals surface area contributed by atoms with Crippen molar-refractivity contribution in [3.63, 3.8) is 0 Å². The molecule has 0 saturated heterocycles. The average molecular weight is 188 g/mol. The predicted molar refractivity (Wildman–Crippen MR) is 35.2 cm³/mol. The topological polar surface area (TPSA) is 62.2 Å². The molecule has 0 amide bonds. The van der Waals surface area contributed by atoms with E-state index >= 15 is 0 Å². The first-order valence-electron chi connectivity index (χ1n) is 3.22. The molecule has 0 aliphatic carbocycles. The number of carbonyl (C=O) groups excluding carboxylic acids is 1. The molecule has 0 N–H and O–H groups in total. The molecule has 0 aromatic carbocycles. The molecule has 1 aromatic heterocycles.